The van der Waals surface area contributed by atoms with Crippen molar-refractivity contribution in [1.29, 1.82) is 0 Å². The first-order valence-corrected chi connectivity index (χ1v) is 10.7. The van der Waals surface area contributed by atoms with Gasteiger partial charge in [0.25, 0.3) is 0 Å². The first-order chi connectivity index (χ1) is 15.4. The van der Waals surface area contributed by atoms with E-state index in [4.69, 9.17) is 49.0 Å². The maximum absolute atomic E-state index is 11.8. The van der Waals surface area contributed by atoms with E-state index in [0.717, 1.165) is 5.56 Å². The molecule has 32 heavy (non-hydrogen) atoms. The molecule has 0 atom stereocenters. The minimum atomic E-state index is -1.03. The average molecular weight is 492 g/mol. The summed E-state index contributed by atoms with van der Waals surface area (Å²) in [6.07, 6.45) is 1.74. The summed E-state index contributed by atoms with van der Waals surface area (Å²) in [6, 6.07) is 15.7. The molecule has 3 aromatic rings. The molecule has 0 saturated carbocycles. The molecule has 5 nitrogen and oxygen atoms in total. The maximum Gasteiger partial charge on any atom is 0.331 e. The van der Waals surface area contributed by atoms with E-state index in [9.17, 15) is 9.90 Å². The molecule has 0 saturated heterocycles. The van der Waals surface area contributed by atoms with Crippen molar-refractivity contribution in [3.63, 3.8) is 0 Å². The summed E-state index contributed by atoms with van der Waals surface area (Å²) in [5.41, 5.74) is 2.24. The molecule has 1 N–H and O–H groups in total. The Kier molecular flexibility index (Phi) is 6.80. The van der Waals surface area contributed by atoms with Crippen LogP contribution in [0.2, 0.25) is 15.1 Å². The van der Waals surface area contributed by atoms with Crippen LogP contribution in [-0.2, 0) is 17.8 Å². The lowest BCUT2D eigenvalue weighted by atomic mass is 10.0. The lowest BCUT2D eigenvalue weighted by Gasteiger charge is -2.10. The number of rotatable bonds is 7. The summed E-state index contributed by atoms with van der Waals surface area (Å²) in [4.78, 5) is 11.8. The van der Waals surface area contributed by atoms with Gasteiger partial charge in [0, 0.05) is 33.7 Å². The molecule has 3 aromatic carbocycles. The summed E-state index contributed by atoms with van der Waals surface area (Å²) >= 11 is 18.6. The number of hydrogen-bond acceptors (Lipinski definition) is 4. The molecular formula is C24H17Cl3O5. The quantitative estimate of drug-likeness (QED) is 0.374. The van der Waals surface area contributed by atoms with Gasteiger partial charge in [-0.15, -0.1) is 0 Å². The van der Waals surface area contributed by atoms with Crippen molar-refractivity contribution in [2.75, 3.05) is 6.79 Å². The Hall–Kier alpha value is -2.86. The lowest BCUT2D eigenvalue weighted by molar-refractivity contribution is -0.132. The van der Waals surface area contributed by atoms with E-state index in [1.54, 1.807) is 42.5 Å². The predicted molar refractivity (Wildman–Crippen MR) is 124 cm³/mol. The van der Waals surface area contributed by atoms with Crippen LogP contribution in [0.25, 0.3) is 6.08 Å². The number of carboxylic acids is 1. The third-order valence-corrected chi connectivity index (χ3v) is 5.89. The molecule has 1 aliphatic heterocycles. The van der Waals surface area contributed by atoms with Crippen LogP contribution in [0, 0.1) is 0 Å². The van der Waals surface area contributed by atoms with Gasteiger partial charge in [-0.3, -0.25) is 0 Å². The van der Waals surface area contributed by atoms with Crippen molar-refractivity contribution < 1.29 is 24.1 Å². The van der Waals surface area contributed by atoms with Gasteiger partial charge < -0.3 is 19.3 Å². The topological polar surface area (TPSA) is 65.0 Å². The highest BCUT2D eigenvalue weighted by molar-refractivity contribution is 6.36. The van der Waals surface area contributed by atoms with Crippen LogP contribution in [0.3, 0.4) is 0 Å². The zero-order chi connectivity index (χ0) is 22.7. The Morgan fingerprint density at radius 2 is 1.62 bits per heavy atom. The zero-order valence-electron chi connectivity index (χ0n) is 16.6. The fraction of sp³-hybridized carbons (Fsp3) is 0.125. The SMILES string of the molecule is O=C(O)C(=Cc1cc2c(cc1Cl)OCO2)Cc1ccc(OCc2c(Cl)cccc2Cl)cc1. The Labute approximate surface area is 199 Å². The number of fused-ring (bicyclic) bond motifs is 1. The number of halogens is 3. The van der Waals surface area contributed by atoms with Crippen LogP contribution in [-0.4, -0.2) is 17.9 Å². The van der Waals surface area contributed by atoms with Crippen LogP contribution < -0.4 is 14.2 Å². The first-order valence-electron chi connectivity index (χ1n) is 9.58. The highest BCUT2D eigenvalue weighted by Crippen LogP contribution is 2.37. The first kappa shape index (κ1) is 22.3. The number of carbonyl (C=O) groups is 1. The molecular weight excluding hydrogens is 475 g/mol. The second kappa shape index (κ2) is 9.74. The third-order valence-electron chi connectivity index (χ3n) is 4.86. The minimum absolute atomic E-state index is 0.113. The Bertz CT molecular complexity index is 1170. The van der Waals surface area contributed by atoms with E-state index in [2.05, 4.69) is 0 Å². The van der Waals surface area contributed by atoms with Gasteiger partial charge in [0.1, 0.15) is 12.4 Å². The predicted octanol–water partition coefficient (Wildman–Crippen LogP) is 6.67. The highest BCUT2D eigenvalue weighted by Gasteiger charge is 2.17. The molecule has 0 bridgehead atoms. The van der Waals surface area contributed by atoms with Crippen molar-refractivity contribution in [3.8, 4) is 17.2 Å². The second-order valence-electron chi connectivity index (χ2n) is 7.01. The van der Waals surface area contributed by atoms with Crippen molar-refractivity contribution in [1.82, 2.24) is 0 Å². The highest BCUT2D eigenvalue weighted by atomic mass is 35.5. The molecule has 0 unspecified atom stereocenters. The summed E-state index contributed by atoms with van der Waals surface area (Å²) < 4.78 is 16.4. The Morgan fingerprint density at radius 3 is 2.28 bits per heavy atom. The van der Waals surface area contributed by atoms with Gasteiger partial charge in [0.15, 0.2) is 11.5 Å². The fourth-order valence-electron chi connectivity index (χ4n) is 3.17. The van der Waals surface area contributed by atoms with Crippen molar-refractivity contribution in [2.24, 2.45) is 0 Å². The van der Waals surface area contributed by atoms with E-state index in [1.165, 1.54) is 6.08 Å². The monoisotopic (exact) mass is 490 g/mol. The molecule has 1 heterocycles. The van der Waals surface area contributed by atoms with Gasteiger partial charge in [-0.1, -0.05) is 53.0 Å². The van der Waals surface area contributed by atoms with Gasteiger partial charge in [0.2, 0.25) is 6.79 Å². The standard InChI is InChI=1S/C24H17Cl3O5/c25-19-2-1-3-20(26)18(19)12-30-17-6-4-14(5-7-17)8-16(24(28)29)9-15-10-22-23(11-21(15)27)32-13-31-22/h1-7,9-11H,8,12-13H2,(H,28,29). The van der Waals surface area contributed by atoms with E-state index >= 15 is 0 Å². The van der Waals surface area contributed by atoms with Crippen LogP contribution in [0.4, 0.5) is 0 Å². The molecule has 0 radical (unpaired) electrons. The molecule has 164 valence electrons. The van der Waals surface area contributed by atoms with Gasteiger partial charge in [0.05, 0.1) is 5.02 Å². The normalized spacial score (nSPS) is 12.7. The van der Waals surface area contributed by atoms with Crippen molar-refractivity contribution in [3.05, 3.63) is 91.9 Å². The van der Waals surface area contributed by atoms with Crippen LogP contribution in [0.5, 0.6) is 17.2 Å². The van der Waals surface area contributed by atoms with Crippen LogP contribution in [0.15, 0.2) is 60.2 Å². The van der Waals surface area contributed by atoms with Gasteiger partial charge in [-0.2, -0.15) is 0 Å². The number of benzene rings is 3. The number of hydrogen-bond donors (Lipinski definition) is 1. The van der Waals surface area contributed by atoms with E-state index in [-0.39, 0.29) is 25.4 Å². The third kappa shape index (κ3) is 5.13. The van der Waals surface area contributed by atoms with Gasteiger partial charge in [-0.25, -0.2) is 4.79 Å². The van der Waals surface area contributed by atoms with Crippen LogP contribution >= 0.6 is 34.8 Å². The molecule has 0 aromatic heterocycles. The van der Waals surface area contributed by atoms with Crippen LogP contribution in [0.1, 0.15) is 16.7 Å². The van der Waals surface area contributed by atoms with E-state index in [0.29, 0.717) is 43.4 Å². The minimum Gasteiger partial charge on any atom is -0.489 e. The van der Waals surface area contributed by atoms with E-state index in [1.807, 2.05) is 12.1 Å². The zero-order valence-corrected chi connectivity index (χ0v) is 18.9. The van der Waals surface area contributed by atoms with Gasteiger partial charge in [-0.05, 0) is 47.5 Å². The smallest absolute Gasteiger partial charge is 0.331 e. The number of aliphatic carboxylic acids is 1. The average Bonchev–Trinajstić information content (AvgIpc) is 3.21. The summed E-state index contributed by atoms with van der Waals surface area (Å²) in [5, 5.41) is 11.1. The number of ether oxygens (including phenoxy) is 3. The number of carboxylic acid groups (broad SMARTS) is 1. The molecule has 0 spiro atoms. The Morgan fingerprint density at radius 1 is 0.969 bits per heavy atom. The summed E-state index contributed by atoms with van der Waals surface area (Å²) in [6.45, 7) is 0.336. The van der Waals surface area contributed by atoms with Crippen molar-refractivity contribution >= 4 is 46.8 Å². The molecule has 0 aliphatic carbocycles. The summed E-state index contributed by atoms with van der Waals surface area (Å²) in [5.74, 6) is 0.653. The molecule has 1 aliphatic rings. The van der Waals surface area contributed by atoms with E-state index < -0.39 is 5.97 Å². The molecule has 0 amide bonds. The molecule has 4 rings (SSSR count). The largest absolute Gasteiger partial charge is 0.489 e. The maximum atomic E-state index is 11.8. The molecule has 8 heteroatoms. The second-order valence-corrected chi connectivity index (χ2v) is 8.23. The molecule has 0 fully saturated rings. The fourth-order valence-corrected chi connectivity index (χ4v) is 3.88. The summed E-state index contributed by atoms with van der Waals surface area (Å²) in [7, 11) is 0. The lowest BCUT2D eigenvalue weighted by Crippen LogP contribution is -2.04. The Balaban J connectivity index is 1.47. The van der Waals surface area contributed by atoms with Crippen molar-refractivity contribution in [2.45, 2.75) is 13.0 Å². The van der Waals surface area contributed by atoms with Gasteiger partial charge >= 0.3 is 5.97 Å².